The number of aliphatic hydroxyl groups is 1. The van der Waals surface area contributed by atoms with Crippen molar-refractivity contribution in [2.24, 2.45) is 0 Å². The molecule has 8 heteroatoms. The molecule has 0 saturated heterocycles. The number of fused-ring (bicyclic) bond motifs is 1. The molecule has 1 aromatic heterocycles. The first kappa shape index (κ1) is 22.1. The predicted octanol–water partition coefficient (Wildman–Crippen LogP) is 0.989. The monoisotopic (exact) mass is 412 g/mol. The highest BCUT2D eigenvalue weighted by Gasteiger charge is 2.19. The lowest BCUT2D eigenvalue weighted by atomic mass is 10.00. The fourth-order valence-electron chi connectivity index (χ4n) is 3.56. The van der Waals surface area contributed by atoms with Crippen molar-refractivity contribution in [2.45, 2.75) is 25.5 Å². The molecule has 0 bridgehead atoms. The van der Waals surface area contributed by atoms with Crippen LogP contribution >= 0.6 is 0 Å². The van der Waals surface area contributed by atoms with Gasteiger partial charge >= 0.3 is 0 Å². The first-order valence-electron chi connectivity index (χ1n) is 10.5. The van der Waals surface area contributed by atoms with E-state index in [1.807, 2.05) is 20.2 Å². The van der Waals surface area contributed by atoms with Gasteiger partial charge in [-0.15, -0.1) is 0 Å². The number of hydrogen-bond donors (Lipinski definition) is 3. The van der Waals surface area contributed by atoms with Crippen molar-refractivity contribution >= 4 is 11.7 Å². The Hall–Kier alpha value is -2.55. The van der Waals surface area contributed by atoms with Crippen molar-refractivity contribution in [3.63, 3.8) is 0 Å². The Morgan fingerprint density at radius 3 is 2.87 bits per heavy atom. The van der Waals surface area contributed by atoms with Gasteiger partial charge in [-0.3, -0.25) is 9.69 Å². The van der Waals surface area contributed by atoms with E-state index in [0.717, 1.165) is 39.0 Å². The van der Waals surface area contributed by atoms with Crippen molar-refractivity contribution in [3.8, 4) is 0 Å². The summed E-state index contributed by atoms with van der Waals surface area (Å²) < 4.78 is 0. The number of nitrogens with zero attached hydrogens (tertiary/aromatic N) is 4. The summed E-state index contributed by atoms with van der Waals surface area (Å²) in [6, 6.07) is 10.1. The summed E-state index contributed by atoms with van der Waals surface area (Å²) in [5.41, 5.74) is 2.98. The van der Waals surface area contributed by atoms with Crippen LogP contribution in [0.25, 0.3) is 0 Å². The van der Waals surface area contributed by atoms with Crippen LogP contribution in [0.5, 0.6) is 0 Å². The van der Waals surface area contributed by atoms with Crippen molar-refractivity contribution < 1.29 is 9.90 Å². The maximum absolute atomic E-state index is 12.4. The zero-order valence-electron chi connectivity index (χ0n) is 17.8. The number of β-amino-alcohol motifs (C(OH)–C–C–N with tert-alkyl or cyclic N) is 1. The molecule has 3 N–H and O–H groups in total. The Morgan fingerprint density at radius 1 is 1.27 bits per heavy atom. The van der Waals surface area contributed by atoms with Gasteiger partial charge in [0.15, 0.2) is 0 Å². The zero-order valence-corrected chi connectivity index (χ0v) is 17.8. The largest absolute Gasteiger partial charge is 0.390 e. The van der Waals surface area contributed by atoms with Gasteiger partial charge in [0.2, 0.25) is 0 Å². The molecule has 162 valence electrons. The van der Waals surface area contributed by atoms with Gasteiger partial charge in [0.1, 0.15) is 17.8 Å². The second-order valence-corrected chi connectivity index (χ2v) is 7.99. The number of aliphatic hydroxyl groups excluding tert-OH is 1. The average molecular weight is 413 g/mol. The molecule has 0 aliphatic carbocycles. The molecule has 30 heavy (non-hydrogen) atoms. The highest BCUT2D eigenvalue weighted by molar-refractivity contribution is 5.92. The van der Waals surface area contributed by atoms with Gasteiger partial charge in [-0.2, -0.15) is 0 Å². The molecule has 1 aromatic carbocycles. The van der Waals surface area contributed by atoms with Crippen LogP contribution < -0.4 is 10.6 Å². The van der Waals surface area contributed by atoms with E-state index in [9.17, 15) is 9.90 Å². The first-order valence-corrected chi connectivity index (χ1v) is 10.5. The van der Waals surface area contributed by atoms with Crippen LogP contribution in [0.1, 0.15) is 28.0 Å². The van der Waals surface area contributed by atoms with E-state index >= 15 is 0 Å². The lowest BCUT2D eigenvalue weighted by Gasteiger charge is -2.30. The summed E-state index contributed by atoms with van der Waals surface area (Å²) in [6.07, 6.45) is 2.71. The Kier molecular flexibility index (Phi) is 8.12. The Morgan fingerprint density at radius 2 is 2.07 bits per heavy atom. The van der Waals surface area contributed by atoms with Crippen LogP contribution in [0, 0.1) is 0 Å². The van der Waals surface area contributed by atoms with Crippen LogP contribution in [0.15, 0.2) is 36.7 Å². The van der Waals surface area contributed by atoms with Crippen molar-refractivity contribution in [1.29, 1.82) is 0 Å². The van der Waals surface area contributed by atoms with Gasteiger partial charge in [-0.05, 0) is 44.6 Å². The quantitative estimate of drug-likeness (QED) is 0.501. The van der Waals surface area contributed by atoms with E-state index in [1.165, 1.54) is 17.5 Å². The van der Waals surface area contributed by atoms with Gasteiger partial charge in [0.25, 0.3) is 5.91 Å². The molecule has 1 amide bonds. The summed E-state index contributed by atoms with van der Waals surface area (Å²) in [4.78, 5) is 25.0. The number of carbonyl (C=O) groups excluding carboxylic acids is 1. The maximum atomic E-state index is 12.4. The third-order valence-electron chi connectivity index (χ3n) is 5.16. The number of nitrogens with one attached hydrogen (secondary N) is 2. The number of anilines is 1. The predicted molar refractivity (Wildman–Crippen MR) is 117 cm³/mol. The van der Waals surface area contributed by atoms with E-state index < -0.39 is 6.10 Å². The molecule has 2 aromatic rings. The van der Waals surface area contributed by atoms with E-state index in [-0.39, 0.29) is 12.5 Å². The summed E-state index contributed by atoms with van der Waals surface area (Å²) in [7, 11) is 4.07. The fourth-order valence-corrected chi connectivity index (χ4v) is 3.56. The highest BCUT2D eigenvalue weighted by atomic mass is 16.3. The number of hydrogen-bond acceptors (Lipinski definition) is 7. The van der Waals surface area contributed by atoms with E-state index in [4.69, 9.17) is 0 Å². The summed E-state index contributed by atoms with van der Waals surface area (Å²) in [5, 5.41) is 16.4. The molecule has 3 rings (SSSR count). The minimum Gasteiger partial charge on any atom is -0.390 e. The summed E-state index contributed by atoms with van der Waals surface area (Å²) in [5.74, 6) is 0.318. The molecule has 8 nitrogen and oxygen atoms in total. The molecule has 1 unspecified atom stereocenters. The fraction of sp³-hybridized carbons (Fsp3) is 0.500. The first-order chi connectivity index (χ1) is 14.5. The normalized spacial score (nSPS) is 14.9. The van der Waals surface area contributed by atoms with E-state index in [0.29, 0.717) is 18.1 Å². The second kappa shape index (κ2) is 11.0. The molecule has 1 aliphatic rings. The molecule has 2 heterocycles. The van der Waals surface area contributed by atoms with E-state index in [2.05, 4.69) is 48.6 Å². The molecule has 0 radical (unpaired) electrons. The lowest BCUT2D eigenvalue weighted by Crippen LogP contribution is -2.42. The molecule has 0 fully saturated rings. The topological polar surface area (TPSA) is 93.6 Å². The Balaban J connectivity index is 1.42. The number of aromatic nitrogens is 2. The number of rotatable bonds is 10. The molecule has 1 atom stereocenters. The van der Waals surface area contributed by atoms with E-state index in [1.54, 1.807) is 6.07 Å². The maximum Gasteiger partial charge on any atom is 0.270 e. The van der Waals surface area contributed by atoms with Crippen molar-refractivity contribution in [1.82, 2.24) is 25.1 Å². The molecular weight excluding hydrogens is 380 g/mol. The standard InChI is InChI=1S/C22H32N6O2/c1-27(2)10-5-9-23-21-12-20(25-16-26-21)22(30)24-13-19(29)15-28-11-8-17-6-3-4-7-18(17)14-28/h3-4,6-7,12,16,19,29H,5,8-11,13-15H2,1-2H3,(H,24,30)(H,23,25,26). The minimum atomic E-state index is -0.635. The number of amides is 1. The van der Waals surface area contributed by atoms with Crippen LogP contribution in [-0.4, -0.2) is 83.7 Å². The molecule has 0 spiro atoms. The highest BCUT2D eigenvalue weighted by Crippen LogP contribution is 2.18. The van der Waals surface area contributed by atoms with Crippen LogP contribution in [0.4, 0.5) is 5.82 Å². The number of benzene rings is 1. The summed E-state index contributed by atoms with van der Waals surface area (Å²) >= 11 is 0. The smallest absolute Gasteiger partial charge is 0.270 e. The van der Waals surface area contributed by atoms with Gasteiger partial charge in [-0.25, -0.2) is 9.97 Å². The van der Waals surface area contributed by atoms with Crippen molar-refractivity contribution in [2.75, 3.05) is 52.1 Å². The Labute approximate surface area is 178 Å². The third-order valence-corrected chi connectivity index (χ3v) is 5.16. The van der Waals surface area contributed by atoms with Crippen LogP contribution in [0.2, 0.25) is 0 Å². The minimum absolute atomic E-state index is 0.187. The zero-order chi connectivity index (χ0) is 21.3. The molecular formula is C22H32N6O2. The SMILES string of the molecule is CN(C)CCCNc1cc(C(=O)NCC(O)CN2CCc3ccccc3C2)ncn1. The molecule has 0 saturated carbocycles. The van der Waals surface area contributed by atoms with Gasteiger partial charge in [-0.1, -0.05) is 24.3 Å². The van der Waals surface area contributed by atoms with Crippen molar-refractivity contribution in [3.05, 3.63) is 53.5 Å². The number of carbonyl (C=O) groups is 1. The lowest BCUT2D eigenvalue weighted by molar-refractivity contribution is 0.0838. The average Bonchev–Trinajstić information content (AvgIpc) is 2.75. The van der Waals surface area contributed by atoms with Crippen LogP contribution in [0.3, 0.4) is 0 Å². The Bertz CT molecular complexity index is 829. The second-order valence-electron chi connectivity index (χ2n) is 7.99. The summed E-state index contributed by atoms with van der Waals surface area (Å²) in [6.45, 7) is 4.20. The van der Waals surface area contributed by atoms with Gasteiger partial charge < -0.3 is 20.6 Å². The van der Waals surface area contributed by atoms with Gasteiger partial charge in [0, 0.05) is 38.8 Å². The van der Waals surface area contributed by atoms with Crippen LogP contribution in [-0.2, 0) is 13.0 Å². The van der Waals surface area contributed by atoms with Gasteiger partial charge in [0.05, 0.1) is 6.10 Å². The third kappa shape index (κ3) is 6.76. The molecule has 1 aliphatic heterocycles.